The van der Waals surface area contributed by atoms with Crippen molar-refractivity contribution in [2.24, 2.45) is 13.0 Å². The summed E-state index contributed by atoms with van der Waals surface area (Å²) in [6.07, 6.45) is 8.49. The Labute approximate surface area is 181 Å². The molecule has 9 heteroatoms. The van der Waals surface area contributed by atoms with Gasteiger partial charge in [-0.2, -0.15) is 10.1 Å². The monoisotopic (exact) mass is 423 g/mol. The lowest BCUT2D eigenvalue weighted by atomic mass is 10.1. The van der Waals surface area contributed by atoms with Gasteiger partial charge in [0.25, 0.3) is 0 Å². The van der Waals surface area contributed by atoms with Crippen LogP contribution in [0.5, 0.6) is 5.88 Å². The van der Waals surface area contributed by atoms with Crippen molar-refractivity contribution in [1.29, 1.82) is 0 Å². The van der Waals surface area contributed by atoms with Gasteiger partial charge in [-0.15, -0.1) is 0 Å². The highest BCUT2D eigenvalue weighted by molar-refractivity contribution is 5.81. The van der Waals surface area contributed by atoms with E-state index in [2.05, 4.69) is 22.0 Å². The Kier molecular flexibility index (Phi) is 5.11. The summed E-state index contributed by atoms with van der Waals surface area (Å²) in [5, 5.41) is 4.44. The molecule has 1 unspecified atom stereocenters. The van der Waals surface area contributed by atoms with E-state index in [-0.39, 0.29) is 12.0 Å². The standard InChI is InChI=1S/C22H29N7O2/c1-4-29-14(2)17(11-25-29)19-26-18-20(27(19)3)23-13-24-21(18)31-16-9-10-28(12-16)22(30)15-7-5-6-8-15/h11,13,15-16H,4-10,12H2,1-3H3. The molecule has 1 amide bonds. The van der Waals surface area contributed by atoms with Gasteiger partial charge >= 0.3 is 0 Å². The molecule has 3 aromatic heterocycles. The van der Waals surface area contributed by atoms with Gasteiger partial charge < -0.3 is 14.2 Å². The first-order valence-corrected chi connectivity index (χ1v) is 11.2. The van der Waals surface area contributed by atoms with Crippen LogP contribution in [0.2, 0.25) is 0 Å². The van der Waals surface area contributed by atoms with Gasteiger partial charge in [-0.1, -0.05) is 12.8 Å². The molecule has 2 fully saturated rings. The first-order chi connectivity index (χ1) is 15.1. The Bertz CT molecular complexity index is 1110. The molecule has 3 aromatic rings. The van der Waals surface area contributed by atoms with Crippen molar-refractivity contribution >= 4 is 17.1 Å². The summed E-state index contributed by atoms with van der Waals surface area (Å²) in [4.78, 5) is 28.3. The fourth-order valence-corrected chi connectivity index (χ4v) is 4.90. The van der Waals surface area contributed by atoms with E-state index in [9.17, 15) is 4.79 Å². The molecular formula is C22H29N7O2. The van der Waals surface area contributed by atoms with E-state index in [1.165, 1.54) is 19.2 Å². The van der Waals surface area contributed by atoms with Crippen LogP contribution in [0.25, 0.3) is 22.6 Å². The highest BCUT2D eigenvalue weighted by Crippen LogP contribution is 2.31. The number of hydrogen-bond acceptors (Lipinski definition) is 6. The van der Waals surface area contributed by atoms with E-state index in [1.807, 2.05) is 34.3 Å². The third-order valence-corrected chi connectivity index (χ3v) is 6.71. The molecule has 5 rings (SSSR count). The summed E-state index contributed by atoms with van der Waals surface area (Å²) >= 11 is 0. The quantitative estimate of drug-likeness (QED) is 0.627. The van der Waals surface area contributed by atoms with Crippen molar-refractivity contribution in [3.05, 3.63) is 18.2 Å². The topological polar surface area (TPSA) is 91.0 Å². The second-order valence-electron chi connectivity index (χ2n) is 8.60. The van der Waals surface area contributed by atoms with Gasteiger partial charge in [-0.25, -0.2) is 9.97 Å². The number of likely N-dealkylation sites (tertiary alicyclic amines) is 1. The van der Waals surface area contributed by atoms with E-state index < -0.39 is 0 Å². The zero-order valence-corrected chi connectivity index (χ0v) is 18.4. The van der Waals surface area contributed by atoms with Gasteiger partial charge in [0.15, 0.2) is 11.2 Å². The van der Waals surface area contributed by atoms with Crippen LogP contribution in [0.1, 0.15) is 44.7 Å². The largest absolute Gasteiger partial charge is 0.471 e. The zero-order chi connectivity index (χ0) is 21.5. The van der Waals surface area contributed by atoms with Crippen LogP contribution >= 0.6 is 0 Å². The smallest absolute Gasteiger partial charge is 0.245 e. The molecule has 0 aromatic carbocycles. The van der Waals surface area contributed by atoms with Crippen molar-refractivity contribution in [3.63, 3.8) is 0 Å². The number of ether oxygens (including phenoxy) is 1. The van der Waals surface area contributed by atoms with E-state index in [4.69, 9.17) is 9.72 Å². The van der Waals surface area contributed by atoms with Gasteiger partial charge in [0, 0.05) is 38.2 Å². The Morgan fingerprint density at radius 3 is 2.77 bits per heavy atom. The Morgan fingerprint density at radius 1 is 1.23 bits per heavy atom. The first-order valence-electron chi connectivity index (χ1n) is 11.2. The number of carbonyl (C=O) groups is 1. The molecule has 0 bridgehead atoms. The molecule has 1 aliphatic heterocycles. The minimum absolute atomic E-state index is 0.0708. The van der Waals surface area contributed by atoms with Gasteiger partial charge in [-0.05, 0) is 26.7 Å². The molecule has 0 N–H and O–H groups in total. The fourth-order valence-electron chi connectivity index (χ4n) is 4.90. The normalized spacial score (nSPS) is 19.6. The van der Waals surface area contributed by atoms with Crippen LogP contribution in [-0.4, -0.2) is 59.3 Å². The number of aromatic nitrogens is 6. The van der Waals surface area contributed by atoms with Crippen LogP contribution in [0.4, 0.5) is 0 Å². The number of fused-ring (bicyclic) bond motifs is 1. The van der Waals surface area contributed by atoms with Gasteiger partial charge in [-0.3, -0.25) is 9.48 Å². The second-order valence-corrected chi connectivity index (χ2v) is 8.60. The maximum atomic E-state index is 12.7. The lowest BCUT2D eigenvalue weighted by Gasteiger charge is -2.20. The summed E-state index contributed by atoms with van der Waals surface area (Å²) in [6.45, 7) is 6.28. The molecule has 0 spiro atoms. The number of nitrogens with zero attached hydrogens (tertiary/aromatic N) is 7. The highest BCUT2D eigenvalue weighted by atomic mass is 16.5. The van der Waals surface area contributed by atoms with Crippen LogP contribution in [-0.2, 0) is 18.4 Å². The number of rotatable bonds is 5. The SMILES string of the molecule is CCn1ncc(-c2nc3c(OC4CCN(C(=O)C5CCCC5)C4)ncnc3n2C)c1C. The fraction of sp³-hybridized carbons (Fsp3) is 0.591. The summed E-state index contributed by atoms with van der Waals surface area (Å²) in [5.74, 6) is 1.77. The van der Waals surface area contributed by atoms with E-state index in [0.717, 1.165) is 55.1 Å². The molecule has 4 heterocycles. The van der Waals surface area contributed by atoms with Crippen molar-refractivity contribution < 1.29 is 9.53 Å². The third-order valence-electron chi connectivity index (χ3n) is 6.71. The van der Waals surface area contributed by atoms with Crippen LogP contribution < -0.4 is 4.74 Å². The third kappa shape index (κ3) is 3.45. The molecule has 1 saturated heterocycles. The summed E-state index contributed by atoms with van der Waals surface area (Å²) in [7, 11) is 1.95. The predicted octanol–water partition coefficient (Wildman–Crippen LogP) is 2.73. The van der Waals surface area contributed by atoms with Crippen LogP contribution in [0.15, 0.2) is 12.5 Å². The molecule has 1 aliphatic carbocycles. The Balaban J connectivity index is 1.38. The number of hydrogen-bond donors (Lipinski definition) is 0. The minimum Gasteiger partial charge on any atom is -0.471 e. The summed E-state index contributed by atoms with van der Waals surface area (Å²) in [6, 6.07) is 0. The molecule has 31 heavy (non-hydrogen) atoms. The molecule has 2 aliphatic rings. The lowest BCUT2D eigenvalue weighted by molar-refractivity contribution is -0.134. The van der Waals surface area contributed by atoms with Crippen LogP contribution in [0.3, 0.4) is 0 Å². The maximum absolute atomic E-state index is 12.7. The maximum Gasteiger partial charge on any atom is 0.245 e. The summed E-state index contributed by atoms with van der Waals surface area (Å²) in [5.41, 5.74) is 3.40. The molecule has 164 valence electrons. The van der Waals surface area contributed by atoms with Gasteiger partial charge in [0.05, 0.1) is 18.3 Å². The predicted molar refractivity (Wildman–Crippen MR) is 116 cm³/mol. The second kappa shape index (κ2) is 7.94. The minimum atomic E-state index is -0.0708. The average molecular weight is 424 g/mol. The highest BCUT2D eigenvalue weighted by Gasteiger charge is 2.33. The Morgan fingerprint density at radius 2 is 2.03 bits per heavy atom. The van der Waals surface area contributed by atoms with Crippen molar-refractivity contribution in [1.82, 2.24) is 34.2 Å². The number of aryl methyl sites for hydroxylation is 2. The number of imidazole rings is 1. The van der Waals surface area contributed by atoms with Gasteiger partial charge in [0.1, 0.15) is 18.3 Å². The van der Waals surface area contributed by atoms with Crippen LogP contribution in [0, 0.1) is 12.8 Å². The number of amides is 1. The first kappa shape index (κ1) is 20.0. The van der Waals surface area contributed by atoms with Crippen molar-refractivity contribution in [3.8, 4) is 17.3 Å². The molecule has 1 atom stereocenters. The van der Waals surface area contributed by atoms with Crippen molar-refractivity contribution in [2.75, 3.05) is 13.1 Å². The van der Waals surface area contributed by atoms with E-state index in [1.54, 1.807) is 0 Å². The Hall–Kier alpha value is -2.97. The summed E-state index contributed by atoms with van der Waals surface area (Å²) < 4.78 is 10.2. The van der Waals surface area contributed by atoms with E-state index >= 15 is 0 Å². The average Bonchev–Trinajstić information content (AvgIpc) is 3.56. The molecular weight excluding hydrogens is 394 g/mol. The zero-order valence-electron chi connectivity index (χ0n) is 18.4. The van der Waals surface area contributed by atoms with Gasteiger partial charge in [0.2, 0.25) is 11.8 Å². The molecule has 9 nitrogen and oxygen atoms in total. The number of carbonyl (C=O) groups excluding carboxylic acids is 1. The lowest BCUT2D eigenvalue weighted by Crippen LogP contribution is -2.34. The van der Waals surface area contributed by atoms with E-state index in [0.29, 0.717) is 23.8 Å². The molecule has 1 saturated carbocycles. The van der Waals surface area contributed by atoms with Crippen molar-refractivity contribution in [2.45, 2.75) is 58.6 Å². The molecule has 0 radical (unpaired) electrons.